The largest absolute Gasteiger partial charge is 0.545 e. The number of carbonyl (C=O) groups excluding carboxylic acids is 4. The van der Waals surface area contributed by atoms with Gasteiger partial charge in [-0.05, 0) is 48.6 Å². The molecule has 7 heteroatoms. The summed E-state index contributed by atoms with van der Waals surface area (Å²) < 4.78 is 0. The van der Waals surface area contributed by atoms with Gasteiger partial charge in [-0.3, -0.25) is 19.3 Å². The number of carboxylic acid groups (broad SMARTS) is 1. The van der Waals surface area contributed by atoms with Gasteiger partial charge >= 0.3 is 0 Å². The monoisotopic (exact) mass is 401 g/mol. The predicted molar refractivity (Wildman–Crippen MR) is 105 cm³/mol. The number of carboxylic acids is 1. The number of imide groups is 1. The summed E-state index contributed by atoms with van der Waals surface area (Å²) in [6.45, 7) is 0. The van der Waals surface area contributed by atoms with Crippen molar-refractivity contribution in [2.75, 3.05) is 10.2 Å². The van der Waals surface area contributed by atoms with Gasteiger partial charge in [0.1, 0.15) is 0 Å². The maximum Gasteiger partial charge on any atom is 0.255 e. The fourth-order valence-electron chi connectivity index (χ4n) is 4.88. The molecule has 1 saturated carbocycles. The lowest BCUT2D eigenvalue weighted by Crippen LogP contribution is -2.32. The number of allylic oxidation sites excluding steroid dienone is 2. The van der Waals surface area contributed by atoms with E-state index in [1.54, 1.807) is 18.2 Å². The topological polar surface area (TPSA) is 107 Å². The van der Waals surface area contributed by atoms with Crippen LogP contribution in [0.25, 0.3) is 0 Å². The Balaban J connectivity index is 1.35. The molecule has 3 amide bonds. The molecule has 1 heterocycles. The van der Waals surface area contributed by atoms with Crippen molar-refractivity contribution in [3.8, 4) is 0 Å². The standard InChI is InChI=1S/C23H18N2O5/c26-20(24-17-4-2-1-3-16(17)23(29)30)12-7-9-15(10-8-12)25-21(27)18-13-5-6-14(11-13)19(18)22(25)28/h1-10,13-14,18-19H,11H2,(H,24,26)(H,29,30)/p-1/t13-,14+,18-,19+. The van der Waals surface area contributed by atoms with Crippen LogP contribution in [0.2, 0.25) is 0 Å². The van der Waals surface area contributed by atoms with Crippen molar-refractivity contribution in [1.82, 2.24) is 0 Å². The van der Waals surface area contributed by atoms with Gasteiger partial charge in [0.05, 0.1) is 29.2 Å². The fraction of sp³-hybridized carbons (Fsp3) is 0.217. The van der Waals surface area contributed by atoms with Gasteiger partial charge in [0.25, 0.3) is 5.91 Å². The smallest absolute Gasteiger partial charge is 0.255 e. The van der Waals surface area contributed by atoms with Crippen LogP contribution < -0.4 is 15.3 Å². The number of hydrogen-bond donors (Lipinski definition) is 1. The number of nitrogens with one attached hydrogen (secondary N) is 1. The Bertz CT molecular complexity index is 1090. The zero-order chi connectivity index (χ0) is 21.0. The van der Waals surface area contributed by atoms with E-state index in [0.29, 0.717) is 5.69 Å². The van der Waals surface area contributed by atoms with E-state index in [2.05, 4.69) is 5.32 Å². The predicted octanol–water partition coefficient (Wildman–Crippen LogP) is 1.61. The van der Waals surface area contributed by atoms with E-state index >= 15 is 0 Å². The summed E-state index contributed by atoms with van der Waals surface area (Å²) >= 11 is 0. The Morgan fingerprint density at radius 1 is 0.900 bits per heavy atom. The van der Waals surface area contributed by atoms with Gasteiger partial charge in [0.2, 0.25) is 11.8 Å². The molecule has 2 bridgehead atoms. The number of rotatable bonds is 4. The molecule has 5 rings (SSSR count). The highest BCUT2D eigenvalue weighted by atomic mass is 16.4. The van der Waals surface area contributed by atoms with Crippen molar-refractivity contribution in [3.05, 3.63) is 71.8 Å². The number of aromatic carboxylic acids is 1. The molecule has 30 heavy (non-hydrogen) atoms. The second kappa shape index (κ2) is 6.66. The molecule has 0 spiro atoms. The number of para-hydroxylation sites is 1. The summed E-state index contributed by atoms with van der Waals surface area (Å²) in [5, 5.41) is 13.7. The summed E-state index contributed by atoms with van der Waals surface area (Å²) in [7, 11) is 0. The molecule has 4 atom stereocenters. The second-order valence-corrected chi connectivity index (χ2v) is 7.85. The molecular weight excluding hydrogens is 384 g/mol. The summed E-state index contributed by atoms with van der Waals surface area (Å²) in [4.78, 5) is 50.7. The Hall–Kier alpha value is -3.74. The van der Waals surface area contributed by atoms with Gasteiger partial charge in [-0.15, -0.1) is 0 Å². The molecule has 2 fully saturated rings. The van der Waals surface area contributed by atoms with Gasteiger partial charge < -0.3 is 15.2 Å². The van der Waals surface area contributed by atoms with Crippen LogP contribution in [-0.2, 0) is 9.59 Å². The van der Waals surface area contributed by atoms with E-state index in [-0.39, 0.29) is 52.3 Å². The third-order valence-corrected chi connectivity index (χ3v) is 6.25. The molecule has 1 saturated heterocycles. The molecule has 0 aromatic heterocycles. The van der Waals surface area contributed by atoms with E-state index < -0.39 is 11.9 Å². The van der Waals surface area contributed by atoms with Gasteiger partial charge in [-0.2, -0.15) is 0 Å². The lowest BCUT2D eigenvalue weighted by Gasteiger charge is -2.17. The minimum absolute atomic E-state index is 0.120. The first-order valence-electron chi connectivity index (χ1n) is 9.73. The van der Waals surface area contributed by atoms with E-state index in [0.717, 1.165) is 6.42 Å². The molecule has 150 valence electrons. The molecule has 2 aliphatic carbocycles. The van der Waals surface area contributed by atoms with Gasteiger partial charge in [0.15, 0.2) is 0 Å². The Morgan fingerprint density at radius 2 is 1.50 bits per heavy atom. The van der Waals surface area contributed by atoms with Crippen LogP contribution in [0.1, 0.15) is 27.1 Å². The van der Waals surface area contributed by atoms with Gasteiger partial charge in [0, 0.05) is 11.1 Å². The molecule has 7 nitrogen and oxygen atoms in total. The first kappa shape index (κ1) is 18.3. The zero-order valence-corrected chi connectivity index (χ0v) is 15.8. The van der Waals surface area contributed by atoms with Crippen molar-refractivity contribution in [2.24, 2.45) is 23.7 Å². The quantitative estimate of drug-likeness (QED) is 0.619. The van der Waals surface area contributed by atoms with Gasteiger partial charge in [-0.1, -0.05) is 30.4 Å². The molecular formula is C23H17N2O5-. The average molecular weight is 401 g/mol. The third-order valence-electron chi connectivity index (χ3n) is 6.25. The number of carbonyl (C=O) groups is 4. The van der Waals surface area contributed by atoms with Crippen molar-refractivity contribution < 1.29 is 24.3 Å². The van der Waals surface area contributed by atoms with Crippen LogP contribution in [0.4, 0.5) is 11.4 Å². The summed E-state index contributed by atoms with van der Waals surface area (Å²) in [6, 6.07) is 12.1. The number of fused-ring (bicyclic) bond motifs is 5. The van der Waals surface area contributed by atoms with Crippen LogP contribution in [0.15, 0.2) is 60.7 Å². The third kappa shape index (κ3) is 2.66. The molecule has 1 N–H and O–H groups in total. The fourth-order valence-corrected chi connectivity index (χ4v) is 4.88. The number of anilines is 2. The van der Waals surface area contributed by atoms with E-state index in [9.17, 15) is 24.3 Å². The molecule has 2 aromatic carbocycles. The van der Waals surface area contributed by atoms with Gasteiger partial charge in [-0.25, -0.2) is 0 Å². The summed E-state index contributed by atoms with van der Waals surface area (Å²) in [5.41, 5.74) is 0.719. The highest BCUT2D eigenvalue weighted by Gasteiger charge is 2.59. The number of nitrogens with zero attached hydrogens (tertiary/aromatic N) is 1. The van der Waals surface area contributed by atoms with Crippen LogP contribution in [0, 0.1) is 23.7 Å². The lowest BCUT2D eigenvalue weighted by atomic mass is 9.85. The molecule has 0 unspecified atom stereocenters. The first-order valence-corrected chi connectivity index (χ1v) is 9.73. The van der Waals surface area contributed by atoms with Crippen molar-refractivity contribution in [2.45, 2.75) is 6.42 Å². The van der Waals surface area contributed by atoms with Crippen LogP contribution >= 0.6 is 0 Å². The van der Waals surface area contributed by atoms with Crippen molar-refractivity contribution in [1.29, 1.82) is 0 Å². The Morgan fingerprint density at radius 3 is 2.10 bits per heavy atom. The van der Waals surface area contributed by atoms with Crippen LogP contribution in [0.5, 0.6) is 0 Å². The highest BCUT2D eigenvalue weighted by molar-refractivity contribution is 6.23. The Kier molecular flexibility index (Phi) is 4.06. The second-order valence-electron chi connectivity index (χ2n) is 7.85. The van der Waals surface area contributed by atoms with E-state index in [1.807, 2.05) is 12.2 Å². The van der Waals surface area contributed by atoms with Crippen molar-refractivity contribution >= 4 is 35.1 Å². The lowest BCUT2D eigenvalue weighted by molar-refractivity contribution is -0.254. The molecule has 3 aliphatic rings. The minimum atomic E-state index is -1.39. The minimum Gasteiger partial charge on any atom is -0.545 e. The highest BCUT2D eigenvalue weighted by Crippen LogP contribution is 2.53. The normalized spacial score (nSPS) is 26.2. The number of benzene rings is 2. The maximum atomic E-state index is 12.9. The average Bonchev–Trinajstić information content (AvgIpc) is 3.42. The first-order chi connectivity index (χ1) is 14.5. The van der Waals surface area contributed by atoms with Crippen molar-refractivity contribution in [3.63, 3.8) is 0 Å². The van der Waals surface area contributed by atoms with E-state index in [1.165, 1.54) is 35.2 Å². The molecule has 1 aliphatic heterocycles. The SMILES string of the molecule is O=C(Nc1ccccc1C(=O)[O-])c1ccc(N2C(=O)[C@@H]3[C@H](C2=O)[C@@H]2C=C[C@H]3C2)cc1. The van der Waals surface area contributed by atoms with E-state index in [4.69, 9.17) is 0 Å². The Labute approximate surface area is 172 Å². The van der Waals surface area contributed by atoms with Crippen LogP contribution in [0.3, 0.4) is 0 Å². The number of amides is 3. The molecule has 0 radical (unpaired) electrons. The summed E-state index contributed by atoms with van der Waals surface area (Å²) in [5.74, 6) is -2.54. The van der Waals surface area contributed by atoms with Crippen LogP contribution in [-0.4, -0.2) is 23.7 Å². The molecule has 2 aromatic rings. The zero-order valence-electron chi connectivity index (χ0n) is 15.8. The summed E-state index contributed by atoms with van der Waals surface area (Å²) in [6.07, 6.45) is 4.95. The maximum absolute atomic E-state index is 12.9. The number of hydrogen-bond acceptors (Lipinski definition) is 5.